The monoisotopic (exact) mass is 188 g/mol. The van der Waals surface area contributed by atoms with Crippen molar-refractivity contribution in [3.8, 4) is 6.07 Å². The molecular weight excluding hydrogens is 180 g/mol. The summed E-state index contributed by atoms with van der Waals surface area (Å²) in [5, 5.41) is 9.52. The Hall–Kier alpha value is -1.25. The number of halogens is 1. The van der Waals surface area contributed by atoms with Gasteiger partial charge in [0.1, 0.15) is 6.26 Å². The number of nitriles is 1. The number of nitrogens with zero attached hydrogens (tertiary/aromatic N) is 3. The molecule has 1 heterocycles. The molecule has 1 aromatic rings. The fourth-order valence-corrected chi connectivity index (χ4v) is 0.624. The van der Waals surface area contributed by atoms with Crippen molar-refractivity contribution < 1.29 is 4.42 Å². The van der Waals surface area contributed by atoms with E-state index >= 15 is 0 Å². The molecular formula is C6H9ClN4O. The van der Waals surface area contributed by atoms with E-state index in [9.17, 15) is 0 Å². The van der Waals surface area contributed by atoms with E-state index in [1.165, 1.54) is 17.5 Å². The Morgan fingerprint density at radius 2 is 2.50 bits per heavy atom. The van der Waals surface area contributed by atoms with Crippen LogP contribution < -0.4 is 10.9 Å². The van der Waals surface area contributed by atoms with Crippen molar-refractivity contribution in [3.63, 3.8) is 0 Å². The topological polar surface area (TPSA) is 79.1 Å². The number of hydrogen-bond acceptors (Lipinski definition) is 5. The third-order valence-corrected chi connectivity index (χ3v) is 1.13. The fraction of sp³-hybridized carbons (Fsp3) is 0.333. The molecule has 0 saturated carbocycles. The third kappa shape index (κ3) is 2.78. The minimum atomic E-state index is 0. The molecule has 0 fully saturated rings. The highest BCUT2D eigenvalue weighted by atomic mass is 35.5. The lowest BCUT2D eigenvalue weighted by Gasteiger charge is -2.10. The summed E-state index contributed by atoms with van der Waals surface area (Å²) >= 11 is 0. The van der Waals surface area contributed by atoms with Gasteiger partial charge in [0.05, 0.1) is 25.2 Å². The van der Waals surface area contributed by atoms with Crippen LogP contribution in [0.5, 0.6) is 0 Å². The van der Waals surface area contributed by atoms with Gasteiger partial charge in [-0.25, -0.2) is 10.8 Å². The number of aromatic nitrogens is 1. The summed E-state index contributed by atoms with van der Waals surface area (Å²) in [6.07, 6.45) is 3.29. The van der Waals surface area contributed by atoms with Gasteiger partial charge in [-0.15, -0.1) is 12.4 Å². The lowest BCUT2D eigenvalue weighted by Crippen LogP contribution is -2.31. The zero-order valence-corrected chi connectivity index (χ0v) is 7.12. The van der Waals surface area contributed by atoms with Gasteiger partial charge in [-0.2, -0.15) is 5.26 Å². The van der Waals surface area contributed by atoms with Crippen LogP contribution in [0.4, 0.5) is 6.01 Å². The van der Waals surface area contributed by atoms with Crippen molar-refractivity contribution in [2.45, 2.75) is 6.42 Å². The highest BCUT2D eigenvalue weighted by molar-refractivity contribution is 5.85. The van der Waals surface area contributed by atoms with Crippen molar-refractivity contribution in [1.29, 1.82) is 5.26 Å². The Labute approximate surface area is 76.2 Å². The van der Waals surface area contributed by atoms with Gasteiger partial charge >= 0.3 is 6.01 Å². The molecule has 0 radical (unpaired) electrons. The Morgan fingerprint density at radius 1 is 1.75 bits per heavy atom. The number of hydrogen-bond donors (Lipinski definition) is 1. The number of anilines is 1. The Bertz CT molecular complexity index is 243. The van der Waals surface area contributed by atoms with E-state index < -0.39 is 0 Å². The maximum absolute atomic E-state index is 8.23. The van der Waals surface area contributed by atoms with Crippen molar-refractivity contribution >= 4 is 18.4 Å². The molecule has 0 aliphatic heterocycles. The van der Waals surface area contributed by atoms with Gasteiger partial charge in [0.25, 0.3) is 0 Å². The molecule has 0 aliphatic rings. The lowest BCUT2D eigenvalue weighted by molar-refractivity contribution is 0.537. The van der Waals surface area contributed by atoms with Gasteiger partial charge in [0.2, 0.25) is 0 Å². The largest absolute Gasteiger partial charge is 0.431 e. The lowest BCUT2D eigenvalue weighted by atomic mass is 10.5. The van der Waals surface area contributed by atoms with Crippen LogP contribution in [0.15, 0.2) is 16.9 Å². The number of oxazole rings is 1. The van der Waals surface area contributed by atoms with Crippen LogP contribution in [0.3, 0.4) is 0 Å². The first-order valence-electron chi connectivity index (χ1n) is 3.13. The van der Waals surface area contributed by atoms with Gasteiger partial charge in [-0.3, -0.25) is 5.01 Å². The predicted octanol–water partition coefficient (Wildman–Crippen LogP) is 0.690. The first kappa shape index (κ1) is 10.8. The Balaban J connectivity index is 0.00000121. The van der Waals surface area contributed by atoms with Crippen molar-refractivity contribution in [2.24, 2.45) is 5.84 Å². The molecule has 0 aliphatic carbocycles. The molecule has 0 amide bonds. The summed E-state index contributed by atoms with van der Waals surface area (Å²) in [6.45, 7) is 0.428. The van der Waals surface area contributed by atoms with Crippen LogP contribution in [-0.4, -0.2) is 11.5 Å². The first-order valence-corrected chi connectivity index (χ1v) is 3.13. The smallest absolute Gasteiger partial charge is 0.311 e. The van der Waals surface area contributed by atoms with Gasteiger partial charge in [0.15, 0.2) is 0 Å². The molecule has 0 aromatic carbocycles. The van der Waals surface area contributed by atoms with Gasteiger partial charge < -0.3 is 4.42 Å². The summed E-state index contributed by atoms with van der Waals surface area (Å²) in [4.78, 5) is 3.79. The molecule has 66 valence electrons. The SMILES string of the molecule is Cl.N#CCCN(N)c1ncco1. The predicted molar refractivity (Wildman–Crippen MR) is 45.5 cm³/mol. The van der Waals surface area contributed by atoms with E-state index in [0.29, 0.717) is 19.0 Å². The van der Waals surface area contributed by atoms with Crippen LogP contribution in [0.1, 0.15) is 6.42 Å². The zero-order valence-electron chi connectivity index (χ0n) is 6.30. The van der Waals surface area contributed by atoms with Crippen LogP contribution in [0, 0.1) is 11.3 Å². The van der Waals surface area contributed by atoms with E-state index in [-0.39, 0.29) is 12.4 Å². The molecule has 0 unspecified atom stereocenters. The number of nitrogens with two attached hydrogens (primary N) is 1. The highest BCUT2D eigenvalue weighted by Gasteiger charge is 2.03. The molecule has 0 bridgehead atoms. The van der Waals surface area contributed by atoms with Crippen LogP contribution in [0.2, 0.25) is 0 Å². The second-order valence-electron chi connectivity index (χ2n) is 1.92. The Morgan fingerprint density at radius 3 is 3.00 bits per heavy atom. The standard InChI is InChI=1S/C6H8N4O.ClH/c7-2-1-4-10(8)6-9-3-5-11-6;/h3,5H,1,4,8H2;1H. The summed E-state index contributed by atoms with van der Waals surface area (Å²) < 4.78 is 4.87. The van der Waals surface area contributed by atoms with Gasteiger partial charge in [-0.05, 0) is 0 Å². The summed E-state index contributed by atoms with van der Waals surface area (Å²) in [7, 11) is 0. The van der Waals surface area contributed by atoms with Crippen LogP contribution in [0.25, 0.3) is 0 Å². The number of hydrazine groups is 1. The van der Waals surface area contributed by atoms with Crippen LogP contribution >= 0.6 is 12.4 Å². The minimum Gasteiger partial charge on any atom is -0.431 e. The highest BCUT2D eigenvalue weighted by Crippen LogP contribution is 2.04. The second kappa shape index (κ2) is 5.41. The molecule has 5 nitrogen and oxygen atoms in total. The quantitative estimate of drug-likeness (QED) is 0.558. The maximum atomic E-state index is 8.23. The van der Waals surface area contributed by atoms with Gasteiger partial charge in [0, 0.05) is 0 Å². The van der Waals surface area contributed by atoms with Crippen molar-refractivity contribution in [2.75, 3.05) is 11.6 Å². The normalized spacial score (nSPS) is 8.33. The second-order valence-corrected chi connectivity index (χ2v) is 1.92. The van der Waals surface area contributed by atoms with E-state index in [1.807, 2.05) is 6.07 Å². The third-order valence-electron chi connectivity index (χ3n) is 1.13. The fourth-order valence-electron chi connectivity index (χ4n) is 0.624. The van der Waals surface area contributed by atoms with E-state index in [4.69, 9.17) is 15.5 Å². The van der Waals surface area contributed by atoms with E-state index in [0.717, 1.165) is 0 Å². The van der Waals surface area contributed by atoms with E-state index in [2.05, 4.69) is 4.98 Å². The Kier molecular flexibility index (Phi) is 4.84. The van der Waals surface area contributed by atoms with Crippen molar-refractivity contribution in [3.05, 3.63) is 12.5 Å². The molecule has 0 spiro atoms. The number of rotatable bonds is 3. The van der Waals surface area contributed by atoms with Crippen LogP contribution in [-0.2, 0) is 0 Å². The summed E-state index contributed by atoms with van der Waals surface area (Å²) in [6, 6.07) is 2.30. The molecule has 1 aromatic heterocycles. The maximum Gasteiger partial charge on any atom is 0.311 e. The molecule has 12 heavy (non-hydrogen) atoms. The summed E-state index contributed by atoms with van der Waals surface area (Å²) in [5.74, 6) is 5.45. The average molecular weight is 189 g/mol. The average Bonchev–Trinajstić information content (AvgIpc) is 2.52. The molecule has 6 heteroatoms. The van der Waals surface area contributed by atoms with Crippen molar-refractivity contribution in [1.82, 2.24) is 4.98 Å². The molecule has 0 atom stereocenters. The molecule has 0 saturated heterocycles. The molecule has 1 rings (SSSR count). The van der Waals surface area contributed by atoms with Gasteiger partial charge in [-0.1, -0.05) is 0 Å². The van der Waals surface area contributed by atoms with E-state index in [1.54, 1.807) is 0 Å². The summed E-state index contributed by atoms with van der Waals surface area (Å²) in [5.41, 5.74) is 0. The molecule has 2 N–H and O–H groups in total. The minimum absolute atomic E-state index is 0. The zero-order chi connectivity index (χ0) is 8.10. The first-order chi connectivity index (χ1) is 5.34.